The molecule has 0 aromatic rings. The zero-order chi connectivity index (χ0) is 32.3. The standard InChI is InChI=1S/C32H48IN3O8/c1-20(7-10-28-21(2)14-27(23(4)43-28)36-29(38)11-8-22(3)42-24(5)37)6-9-25-16-32(19-41-32)17-26(44-25)15-30(39)34-12-13-35-31(40)18-33/h6-9,11,21-23,25-28H,10,12-19H2,1-5H3,(H,34,39)(H,35,40)(H,36,38)/b9-6+,11-8-,20-7+/t21-,22-,23+,25+,26+,27+,28-,32+/m0/s1. The zero-order valence-electron chi connectivity index (χ0n) is 26.4. The van der Waals surface area contributed by atoms with Crippen molar-refractivity contribution in [2.75, 3.05) is 24.1 Å². The lowest BCUT2D eigenvalue weighted by atomic mass is 9.88. The van der Waals surface area contributed by atoms with Crippen LogP contribution >= 0.6 is 22.6 Å². The molecule has 11 nitrogen and oxygen atoms in total. The molecule has 12 heteroatoms. The fraction of sp³-hybridized carbons (Fsp3) is 0.688. The first-order valence-corrected chi connectivity index (χ1v) is 17.0. The van der Waals surface area contributed by atoms with E-state index in [0.29, 0.717) is 30.5 Å². The van der Waals surface area contributed by atoms with E-state index in [4.69, 9.17) is 18.9 Å². The van der Waals surface area contributed by atoms with Crippen LogP contribution in [0.3, 0.4) is 0 Å². The second kappa shape index (κ2) is 17.4. The van der Waals surface area contributed by atoms with Crippen LogP contribution in [-0.2, 0) is 38.1 Å². The summed E-state index contributed by atoms with van der Waals surface area (Å²) in [5.41, 5.74) is 0.896. The Hall–Kier alpha value is -2.29. The van der Waals surface area contributed by atoms with Gasteiger partial charge in [0.15, 0.2) is 0 Å². The number of allylic oxidation sites excluding steroid dienone is 2. The van der Waals surface area contributed by atoms with Crippen molar-refractivity contribution in [3.63, 3.8) is 0 Å². The van der Waals surface area contributed by atoms with E-state index >= 15 is 0 Å². The summed E-state index contributed by atoms with van der Waals surface area (Å²) in [6, 6.07) is -0.107. The number of halogens is 1. The Labute approximate surface area is 274 Å². The van der Waals surface area contributed by atoms with Crippen molar-refractivity contribution >= 4 is 46.3 Å². The van der Waals surface area contributed by atoms with Crippen LogP contribution in [0.2, 0.25) is 0 Å². The number of esters is 1. The summed E-state index contributed by atoms with van der Waals surface area (Å²) in [6.07, 6.45) is 11.6. The normalized spacial score (nSPS) is 31.1. The molecule has 246 valence electrons. The summed E-state index contributed by atoms with van der Waals surface area (Å²) in [6.45, 7) is 10.7. The quantitative estimate of drug-likeness (QED) is 0.0471. The Kier molecular flexibility index (Phi) is 14.3. The maximum atomic E-state index is 12.4. The van der Waals surface area contributed by atoms with Crippen molar-refractivity contribution in [2.45, 2.75) is 109 Å². The van der Waals surface area contributed by atoms with E-state index in [9.17, 15) is 19.2 Å². The Morgan fingerprint density at radius 2 is 1.75 bits per heavy atom. The van der Waals surface area contributed by atoms with Crippen LogP contribution in [0.5, 0.6) is 0 Å². The van der Waals surface area contributed by atoms with Gasteiger partial charge in [-0.1, -0.05) is 53.3 Å². The van der Waals surface area contributed by atoms with E-state index in [2.05, 4.69) is 35.0 Å². The summed E-state index contributed by atoms with van der Waals surface area (Å²) in [5, 5.41) is 8.60. The molecule has 3 saturated heterocycles. The lowest BCUT2D eigenvalue weighted by molar-refractivity contribution is -0.143. The predicted octanol–water partition coefficient (Wildman–Crippen LogP) is 3.06. The number of amides is 3. The molecule has 3 N–H and O–H groups in total. The topological polar surface area (TPSA) is 145 Å². The average molecular weight is 730 g/mol. The predicted molar refractivity (Wildman–Crippen MR) is 174 cm³/mol. The van der Waals surface area contributed by atoms with Gasteiger partial charge in [0.2, 0.25) is 17.7 Å². The molecule has 3 amide bonds. The van der Waals surface area contributed by atoms with Crippen LogP contribution < -0.4 is 16.0 Å². The highest BCUT2D eigenvalue weighted by Crippen LogP contribution is 2.43. The number of carbonyl (C=O) groups excluding carboxylic acids is 4. The van der Waals surface area contributed by atoms with E-state index in [1.54, 1.807) is 13.0 Å². The number of rotatable bonds is 14. The van der Waals surface area contributed by atoms with Gasteiger partial charge < -0.3 is 34.9 Å². The first kappa shape index (κ1) is 36.2. The van der Waals surface area contributed by atoms with Crippen LogP contribution in [0.15, 0.2) is 36.0 Å². The maximum Gasteiger partial charge on any atom is 0.303 e. The van der Waals surface area contributed by atoms with Crippen molar-refractivity contribution in [3.05, 3.63) is 36.0 Å². The summed E-state index contributed by atoms with van der Waals surface area (Å²) in [7, 11) is 0. The van der Waals surface area contributed by atoms with Gasteiger partial charge in [-0.3, -0.25) is 19.2 Å². The lowest BCUT2D eigenvalue weighted by Crippen LogP contribution is -2.50. The fourth-order valence-electron chi connectivity index (χ4n) is 5.61. The van der Waals surface area contributed by atoms with Crippen LogP contribution in [0.1, 0.15) is 66.7 Å². The SMILES string of the molecule is CC(=O)O[C@@H](C)/C=C\C(=O)N[C@@H]1C[C@H](C)[C@H](C/C=C(C)/C=C/[C@@H]2C[C@]3(CO3)C[C@@H](CC(=O)NCCNC(=O)CI)O2)O[C@@H]1C. The Bertz CT molecular complexity index is 1110. The van der Waals surface area contributed by atoms with E-state index < -0.39 is 12.1 Å². The van der Waals surface area contributed by atoms with Gasteiger partial charge in [-0.05, 0) is 45.6 Å². The van der Waals surface area contributed by atoms with Crippen LogP contribution in [0, 0.1) is 5.92 Å². The maximum absolute atomic E-state index is 12.4. The van der Waals surface area contributed by atoms with Crippen LogP contribution in [-0.4, -0.2) is 90.0 Å². The average Bonchev–Trinajstić information content (AvgIpc) is 3.70. The van der Waals surface area contributed by atoms with E-state index in [-0.39, 0.29) is 66.1 Å². The molecule has 0 unspecified atom stereocenters. The Balaban J connectivity index is 1.43. The second-order valence-electron chi connectivity index (χ2n) is 12.1. The van der Waals surface area contributed by atoms with Gasteiger partial charge in [0.1, 0.15) is 6.10 Å². The molecule has 3 rings (SSSR count). The number of epoxide rings is 1. The molecule has 3 heterocycles. The highest BCUT2D eigenvalue weighted by molar-refractivity contribution is 14.1. The zero-order valence-corrected chi connectivity index (χ0v) is 28.6. The third-order valence-electron chi connectivity index (χ3n) is 8.06. The van der Waals surface area contributed by atoms with E-state index in [1.165, 1.54) is 13.0 Å². The third-order valence-corrected chi connectivity index (χ3v) is 8.75. The molecule has 0 saturated carbocycles. The first-order valence-electron chi connectivity index (χ1n) is 15.4. The van der Waals surface area contributed by atoms with E-state index in [0.717, 1.165) is 24.8 Å². The second-order valence-corrected chi connectivity index (χ2v) is 12.9. The van der Waals surface area contributed by atoms with Crippen molar-refractivity contribution in [3.8, 4) is 0 Å². The number of hydrogen-bond acceptors (Lipinski definition) is 8. The molecule has 8 atom stereocenters. The van der Waals surface area contributed by atoms with Crippen molar-refractivity contribution in [1.82, 2.24) is 16.0 Å². The van der Waals surface area contributed by atoms with Crippen molar-refractivity contribution < 1.29 is 38.1 Å². The van der Waals surface area contributed by atoms with Gasteiger partial charge in [-0.15, -0.1) is 0 Å². The molecule has 0 bridgehead atoms. The van der Waals surface area contributed by atoms with Gasteiger partial charge >= 0.3 is 5.97 Å². The minimum absolute atomic E-state index is 0.0351. The molecular formula is C32H48IN3O8. The molecule has 1 spiro atoms. The highest BCUT2D eigenvalue weighted by atomic mass is 127. The first-order chi connectivity index (χ1) is 20.9. The lowest BCUT2D eigenvalue weighted by Gasteiger charge is -2.39. The van der Waals surface area contributed by atoms with Gasteiger partial charge in [0.05, 0.1) is 53.5 Å². The number of carbonyl (C=O) groups is 4. The number of ether oxygens (including phenoxy) is 4. The third kappa shape index (κ3) is 12.6. The van der Waals surface area contributed by atoms with Gasteiger partial charge in [0.25, 0.3) is 0 Å². The van der Waals surface area contributed by atoms with Crippen LogP contribution in [0.25, 0.3) is 0 Å². The van der Waals surface area contributed by atoms with Crippen LogP contribution in [0.4, 0.5) is 0 Å². The number of hydrogen-bond donors (Lipinski definition) is 3. The highest BCUT2D eigenvalue weighted by Gasteiger charge is 2.51. The molecule has 3 aliphatic heterocycles. The Morgan fingerprint density at radius 3 is 2.41 bits per heavy atom. The molecule has 0 aromatic carbocycles. The molecule has 0 aromatic heterocycles. The minimum atomic E-state index is -0.469. The Morgan fingerprint density at radius 1 is 1.05 bits per heavy atom. The van der Waals surface area contributed by atoms with Gasteiger partial charge in [-0.2, -0.15) is 0 Å². The summed E-state index contributed by atoms with van der Waals surface area (Å²) in [5.74, 6) is -0.529. The van der Waals surface area contributed by atoms with Crippen molar-refractivity contribution in [1.29, 1.82) is 0 Å². The molecule has 44 heavy (non-hydrogen) atoms. The smallest absolute Gasteiger partial charge is 0.303 e. The van der Waals surface area contributed by atoms with E-state index in [1.807, 2.05) is 42.5 Å². The number of nitrogens with one attached hydrogen (secondary N) is 3. The largest absolute Gasteiger partial charge is 0.459 e. The minimum Gasteiger partial charge on any atom is -0.459 e. The molecule has 3 fully saturated rings. The van der Waals surface area contributed by atoms with Gasteiger partial charge in [-0.25, -0.2) is 0 Å². The van der Waals surface area contributed by atoms with Gasteiger partial charge in [0, 0.05) is 38.9 Å². The van der Waals surface area contributed by atoms with Crippen molar-refractivity contribution in [2.24, 2.45) is 5.92 Å². The summed E-state index contributed by atoms with van der Waals surface area (Å²) < 4.78 is 23.7. The molecular weight excluding hydrogens is 681 g/mol. The fourth-order valence-corrected chi connectivity index (χ4v) is 5.88. The monoisotopic (exact) mass is 729 g/mol. The summed E-state index contributed by atoms with van der Waals surface area (Å²) in [4.78, 5) is 47.2. The molecule has 0 radical (unpaired) electrons. The molecule has 0 aliphatic carbocycles. The molecule has 3 aliphatic rings. The number of alkyl halides is 1. The summed E-state index contributed by atoms with van der Waals surface area (Å²) >= 11 is 2.00.